The van der Waals surface area contributed by atoms with E-state index in [0.29, 0.717) is 11.8 Å². The van der Waals surface area contributed by atoms with Gasteiger partial charge in [0.2, 0.25) is 0 Å². The lowest BCUT2D eigenvalue weighted by molar-refractivity contribution is 0.370. The van der Waals surface area contributed by atoms with E-state index in [1.807, 2.05) is 0 Å². The Labute approximate surface area is 140 Å². The standard InChI is InChI=1S/C19H30N4/c1-6-17(12-13-22(4)5)19-21-20-18(15(2)3)23(19)14-16-10-8-7-9-11-16/h7-11,15,17H,6,12-14H2,1-5H3. The molecule has 1 atom stereocenters. The highest BCUT2D eigenvalue weighted by Crippen LogP contribution is 2.26. The molecule has 2 aromatic rings. The van der Waals surface area contributed by atoms with Crippen molar-refractivity contribution < 1.29 is 0 Å². The first kappa shape index (κ1) is 17.7. The molecule has 0 aliphatic heterocycles. The van der Waals surface area contributed by atoms with Gasteiger partial charge in [0.15, 0.2) is 0 Å². The van der Waals surface area contributed by atoms with Crippen LogP contribution in [0.1, 0.15) is 62.7 Å². The Morgan fingerprint density at radius 2 is 1.70 bits per heavy atom. The molecule has 1 aromatic carbocycles. The van der Waals surface area contributed by atoms with Crippen molar-refractivity contribution in [3.8, 4) is 0 Å². The lowest BCUT2D eigenvalue weighted by Gasteiger charge is -2.20. The van der Waals surface area contributed by atoms with Crippen molar-refractivity contribution in [2.75, 3.05) is 20.6 Å². The van der Waals surface area contributed by atoms with Crippen LogP contribution < -0.4 is 0 Å². The minimum Gasteiger partial charge on any atom is -0.310 e. The van der Waals surface area contributed by atoms with Crippen molar-refractivity contribution in [1.29, 1.82) is 0 Å². The number of benzene rings is 1. The quantitative estimate of drug-likeness (QED) is 0.741. The number of aromatic nitrogens is 3. The van der Waals surface area contributed by atoms with Crippen LogP contribution in [0.4, 0.5) is 0 Å². The van der Waals surface area contributed by atoms with Gasteiger partial charge in [0.1, 0.15) is 11.6 Å². The van der Waals surface area contributed by atoms with Crippen molar-refractivity contribution in [3.05, 3.63) is 47.5 Å². The fourth-order valence-corrected chi connectivity index (χ4v) is 2.91. The maximum absolute atomic E-state index is 4.58. The Morgan fingerprint density at radius 3 is 2.26 bits per heavy atom. The van der Waals surface area contributed by atoms with E-state index in [0.717, 1.165) is 37.6 Å². The minimum atomic E-state index is 0.381. The average Bonchev–Trinajstić information content (AvgIpc) is 2.93. The second-order valence-corrected chi connectivity index (χ2v) is 6.84. The predicted molar refractivity (Wildman–Crippen MR) is 95.9 cm³/mol. The van der Waals surface area contributed by atoms with Crippen LogP contribution in [0, 0.1) is 0 Å². The monoisotopic (exact) mass is 314 g/mol. The van der Waals surface area contributed by atoms with E-state index in [2.05, 4.69) is 84.9 Å². The van der Waals surface area contributed by atoms with E-state index in [1.165, 1.54) is 5.56 Å². The first-order chi connectivity index (χ1) is 11.0. The summed E-state index contributed by atoms with van der Waals surface area (Å²) in [6, 6.07) is 10.6. The van der Waals surface area contributed by atoms with Gasteiger partial charge in [0.05, 0.1) is 6.54 Å². The molecule has 4 heteroatoms. The topological polar surface area (TPSA) is 34.0 Å². The summed E-state index contributed by atoms with van der Waals surface area (Å²) in [4.78, 5) is 2.24. The van der Waals surface area contributed by atoms with Crippen LogP contribution in [-0.4, -0.2) is 40.3 Å². The van der Waals surface area contributed by atoms with E-state index in [4.69, 9.17) is 0 Å². The zero-order valence-corrected chi connectivity index (χ0v) is 15.2. The first-order valence-electron chi connectivity index (χ1n) is 8.64. The third kappa shape index (κ3) is 4.64. The summed E-state index contributed by atoms with van der Waals surface area (Å²) in [7, 11) is 4.25. The first-order valence-corrected chi connectivity index (χ1v) is 8.64. The highest BCUT2D eigenvalue weighted by molar-refractivity contribution is 5.17. The molecule has 1 heterocycles. The number of nitrogens with zero attached hydrogens (tertiary/aromatic N) is 4. The molecule has 0 N–H and O–H groups in total. The Bertz CT molecular complexity index is 587. The molecule has 0 bridgehead atoms. The molecule has 23 heavy (non-hydrogen) atoms. The third-order valence-electron chi connectivity index (χ3n) is 4.29. The van der Waals surface area contributed by atoms with E-state index in [-0.39, 0.29) is 0 Å². The largest absolute Gasteiger partial charge is 0.310 e. The second kappa shape index (κ2) is 8.25. The van der Waals surface area contributed by atoms with Gasteiger partial charge in [-0.25, -0.2) is 0 Å². The lowest BCUT2D eigenvalue weighted by atomic mass is 10.0. The molecule has 0 fully saturated rings. The molecular formula is C19H30N4. The molecule has 0 saturated heterocycles. The maximum Gasteiger partial charge on any atom is 0.136 e. The molecule has 4 nitrogen and oxygen atoms in total. The van der Waals surface area contributed by atoms with E-state index in [9.17, 15) is 0 Å². The molecule has 126 valence electrons. The summed E-state index contributed by atoms with van der Waals surface area (Å²) in [6.45, 7) is 8.56. The SMILES string of the molecule is CCC(CCN(C)C)c1nnc(C(C)C)n1Cc1ccccc1. The van der Waals surface area contributed by atoms with Crippen LogP contribution in [-0.2, 0) is 6.54 Å². The molecule has 0 amide bonds. The molecule has 0 aliphatic carbocycles. The fourth-order valence-electron chi connectivity index (χ4n) is 2.91. The van der Waals surface area contributed by atoms with Crippen molar-refractivity contribution in [2.24, 2.45) is 0 Å². The van der Waals surface area contributed by atoms with Crippen molar-refractivity contribution in [2.45, 2.75) is 52.0 Å². The molecule has 0 saturated carbocycles. The van der Waals surface area contributed by atoms with Crippen molar-refractivity contribution >= 4 is 0 Å². The summed E-state index contributed by atoms with van der Waals surface area (Å²) in [5, 5.41) is 9.08. The van der Waals surface area contributed by atoms with Crippen LogP contribution in [0.15, 0.2) is 30.3 Å². The summed E-state index contributed by atoms with van der Waals surface area (Å²) in [6.07, 6.45) is 2.22. The summed E-state index contributed by atoms with van der Waals surface area (Å²) < 4.78 is 2.34. The van der Waals surface area contributed by atoms with Crippen LogP contribution in [0.25, 0.3) is 0 Å². The van der Waals surface area contributed by atoms with Crippen molar-refractivity contribution in [3.63, 3.8) is 0 Å². The molecular weight excluding hydrogens is 284 g/mol. The van der Waals surface area contributed by atoms with Gasteiger partial charge >= 0.3 is 0 Å². The number of rotatable bonds is 8. The van der Waals surface area contributed by atoms with Gasteiger partial charge in [-0.05, 0) is 39.0 Å². The Kier molecular flexibility index (Phi) is 6.34. The fraction of sp³-hybridized carbons (Fsp3) is 0.579. The lowest BCUT2D eigenvalue weighted by Crippen LogP contribution is -2.19. The molecule has 0 radical (unpaired) electrons. The van der Waals surface area contributed by atoms with Gasteiger partial charge in [-0.2, -0.15) is 0 Å². The zero-order chi connectivity index (χ0) is 16.8. The third-order valence-corrected chi connectivity index (χ3v) is 4.29. The normalized spacial score (nSPS) is 13.0. The van der Waals surface area contributed by atoms with Gasteiger partial charge in [-0.3, -0.25) is 0 Å². The van der Waals surface area contributed by atoms with Crippen LogP contribution >= 0.6 is 0 Å². The molecule has 1 aromatic heterocycles. The van der Waals surface area contributed by atoms with Crippen LogP contribution in [0.3, 0.4) is 0 Å². The Morgan fingerprint density at radius 1 is 1.04 bits per heavy atom. The average molecular weight is 314 g/mol. The summed E-state index contributed by atoms with van der Waals surface area (Å²) in [5.74, 6) is 3.07. The van der Waals surface area contributed by atoms with Crippen LogP contribution in [0.2, 0.25) is 0 Å². The van der Waals surface area contributed by atoms with Gasteiger partial charge in [-0.1, -0.05) is 51.1 Å². The molecule has 1 unspecified atom stereocenters. The van der Waals surface area contributed by atoms with E-state index >= 15 is 0 Å². The van der Waals surface area contributed by atoms with Gasteiger partial charge in [0.25, 0.3) is 0 Å². The minimum absolute atomic E-state index is 0.381. The van der Waals surface area contributed by atoms with Crippen LogP contribution in [0.5, 0.6) is 0 Å². The van der Waals surface area contributed by atoms with Crippen molar-refractivity contribution in [1.82, 2.24) is 19.7 Å². The van der Waals surface area contributed by atoms with Gasteiger partial charge < -0.3 is 9.47 Å². The Hall–Kier alpha value is -1.68. The van der Waals surface area contributed by atoms with Gasteiger partial charge in [0, 0.05) is 11.8 Å². The number of hydrogen-bond acceptors (Lipinski definition) is 3. The van der Waals surface area contributed by atoms with E-state index in [1.54, 1.807) is 0 Å². The summed E-state index contributed by atoms with van der Waals surface area (Å²) >= 11 is 0. The highest BCUT2D eigenvalue weighted by atomic mass is 15.3. The van der Waals surface area contributed by atoms with Gasteiger partial charge in [-0.15, -0.1) is 10.2 Å². The molecule has 0 aliphatic rings. The smallest absolute Gasteiger partial charge is 0.136 e. The number of hydrogen-bond donors (Lipinski definition) is 0. The Balaban J connectivity index is 2.31. The molecule has 2 rings (SSSR count). The highest BCUT2D eigenvalue weighted by Gasteiger charge is 2.21. The second-order valence-electron chi connectivity index (χ2n) is 6.84. The maximum atomic E-state index is 4.58. The predicted octanol–water partition coefficient (Wildman–Crippen LogP) is 3.90. The molecule has 0 spiro atoms. The summed E-state index contributed by atoms with van der Waals surface area (Å²) in [5.41, 5.74) is 1.30. The van der Waals surface area contributed by atoms with E-state index < -0.39 is 0 Å². The zero-order valence-electron chi connectivity index (χ0n) is 15.2.